The summed E-state index contributed by atoms with van der Waals surface area (Å²) in [5.41, 5.74) is -1.07. The molecule has 3 rings (SSSR count). The number of nitrogens with one attached hydrogen (secondary N) is 1. The Morgan fingerprint density at radius 1 is 1.00 bits per heavy atom. The molecule has 31 heavy (non-hydrogen) atoms. The highest BCUT2D eigenvalue weighted by molar-refractivity contribution is 5.95. The van der Waals surface area contributed by atoms with E-state index in [-0.39, 0.29) is 16.9 Å². The van der Waals surface area contributed by atoms with E-state index in [1.165, 1.54) is 36.9 Å². The van der Waals surface area contributed by atoms with Gasteiger partial charge in [0.25, 0.3) is 5.91 Å². The Hall–Kier alpha value is -3.37. The average Bonchev–Trinajstić information content (AvgIpc) is 3.08. The third-order valence-corrected chi connectivity index (χ3v) is 4.61. The minimum Gasteiger partial charge on any atom is -0.345 e. The molecule has 1 amide bonds. The molecule has 5 nitrogen and oxygen atoms in total. The first-order valence-electron chi connectivity index (χ1n) is 8.94. The maximum absolute atomic E-state index is 12.9. The van der Waals surface area contributed by atoms with Crippen LogP contribution in [0.4, 0.5) is 26.3 Å². The van der Waals surface area contributed by atoms with Crippen molar-refractivity contribution in [2.24, 2.45) is 0 Å². The Kier molecular flexibility index (Phi) is 5.79. The highest BCUT2D eigenvalue weighted by Crippen LogP contribution is 2.31. The molecule has 1 atom stereocenters. The van der Waals surface area contributed by atoms with Crippen molar-refractivity contribution in [3.8, 4) is 5.82 Å². The first-order chi connectivity index (χ1) is 14.4. The molecule has 1 unspecified atom stereocenters. The second kappa shape index (κ2) is 8.05. The van der Waals surface area contributed by atoms with E-state index in [1.54, 1.807) is 0 Å². The van der Waals surface area contributed by atoms with Gasteiger partial charge >= 0.3 is 12.4 Å². The largest absolute Gasteiger partial charge is 0.417 e. The van der Waals surface area contributed by atoms with Crippen LogP contribution in [0.1, 0.15) is 45.7 Å². The molecule has 0 radical (unpaired) electrons. The van der Waals surface area contributed by atoms with E-state index in [9.17, 15) is 31.1 Å². The van der Waals surface area contributed by atoms with Crippen LogP contribution in [0.25, 0.3) is 5.82 Å². The summed E-state index contributed by atoms with van der Waals surface area (Å²) in [4.78, 5) is 16.3. The zero-order valence-electron chi connectivity index (χ0n) is 16.2. The highest BCUT2D eigenvalue weighted by Gasteiger charge is 2.32. The van der Waals surface area contributed by atoms with Gasteiger partial charge in [-0.1, -0.05) is 12.1 Å². The minimum atomic E-state index is -4.53. The van der Waals surface area contributed by atoms with E-state index in [4.69, 9.17) is 0 Å². The lowest BCUT2D eigenvalue weighted by molar-refractivity contribution is -0.138. The summed E-state index contributed by atoms with van der Waals surface area (Å²) in [7, 11) is 0. The van der Waals surface area contributed by atoms with Gasteiger partial charge in [0, 0.05) is 6.20 Å². The molecule has 0 saturated heterocycles. The van der Waals surface area contributed by atoms with Crippen molar-refractivity contribution in [1.82, 2.24) is 20.1 Å². The van der Waals surface area contributed by atoms with E-state index >= 15 is 0 Å². The Balaban J connectivity index is 1.79. The Morgan fingerprint density at radius 2 is 1.68 bits per heavy atom. The molecule has 164 valence electrons. The van der Waals surface area contributed by atoms with Gasteiger partial charge in [0.2, 0.25) is 0 Å². The van der Waals surface area contributed by atoms with E-state index in [2.05, 4.69) is 15.4 Å². The van der Waals surface area contributed by atoms with E-state index in [0.717, 1.165) is 24.3 Å². The third kappa shape index (κ3) is 4.86. The van der Waals surface area contributed by atoms with Gasteiger partial charge < -0.3 is 5.32 Å². The van der Waals surface area contributed by atoms with Gasteiger partial charge in [0.15, 0.2) is 5.82 Å². The lowest BCUT2D eigenvalue weighted by Crippen LogP contribution is -2.27. The van der Waals surface area contributed by atoms with Crippen LogP contribution in [0.3, 0.4) is 0 Å². The Morgan fingerprint density at radius 3 is 2.26 bits per heavy atom. The summed E-state index contributed by atoms with van der Waals surface area (Å²) in [6.07, 6.45) is -7.17. The average molecular weight is 442 g/mol. The Labute approximate surface area is 172 Å². The van der Waals surface area contributed by atoms with Crippen LogP contribution in [0.15, 0.2) is 48.8 Å². The van der Waals surface area contributed by atoms with E-state index in [1.807, 2.05) is 0 Å². The molecule has 0 bridgehead atoms. The number of halogens is 6. The molecular formula is C20H16F6N4O. The van der Waals surface area contributed by atoms with Crippen molar-refractivity contribution in [3.05, 3.63) is 76.7 Å². The number of amides is 1. The number of hydrogen-bond acceptors (Lipinski definition) is 3. The van der Waals surface area contributed by atoms with Gasteiger partial charge in [0.05, 0.1) is 34.6 Å². The van der Waals surface area contributed by atoms with Crippen molar-refractivity contribution in [1.29, 1.82) is 0 Å². The monoisotopic (exact) mass is 442 g/mol. The fourth-order valence-electron chi connectivity index (χ4n) is 2.88. The first kappa shape index (κ1) is 22.3. The normalized spacial score (nSPS) is 13.2. The molecule has 1 aromatic carbocycles. The number of alkyl halides is 6. The summed E-state index contributed by atoms with van der Waals surface area (Å²) in [6.45, 7) is 3.06. The maximum atomic E-state index is 12.9. The number of benzene rings is 1. The van der Waals surface area contributed by atoms with Crippen LogP contribution in [-0.2, 0) is 12.4 Å². The van der Waals surface area contributed by atoms with Crippen LogP contribution < -0.4 is 5.32 Å². The summed E-state index contributed by atoms with van der Waals surface area (Å²) in [5.74, 6) is -0.518. The van der Waals surface area contributed by atoms with Gasteiger partial charge in [0.1, 0.15) is 0 Å². The van der Waals surface area contributed by atoms with Gasteiger partial charge in [-0.3, -0.25) is 4.79 Å². The zero-order valence-corrected chi connectivity index (χ0v) is 16.2. The molecule has 1 N–H and O–H groups in total. The van der Waals surface area contributed by atoms with Crippen LogP contribution in [0.2, 0.25) is 0 Å². The number of hydrogen-bond donors (Lipinski definition) is 1. The zero-order chi connectivity index (χ0) is 23.0. The predicted molar refractivity (Wildman–Crippen MR) is 98.4 cm³/mol. The summed E-state index contributed by atoms with van der Waals surface area (Å²) in [5, 5.41) is 6.59. The van der Waals surface area contributed by atoms with Crippen molar-refractivity contribution < 1.29 is 31.1 Å². The fraction of sp³-hybridized carbons (Fsp3) is 0.250. The van der Waals surface area contributed by atoms with Crippen molar-refractivity contribution in [2.45, 2.75) is 32.2 Å². The second-order valence-electron chi connectivity index (χ2n) is 6.78. The molecule has 0 aliphatic carbocycles. The molecule has 0 fully saturated rings. The summed E-state index contributed by atoms with van der Waals surface area (Å²) < 4.78 is 78.0. The molecule has 0 saturated carbocycles. The molecule has 2 aromatic heterocycles. The van der Waals surface area contributed by atoms with Gasteiger partial charge in [-0.2, -0.15) is 31.4 Å². The summed E-state index contributed by atoms with van der Waals surface area (Å²) in [6, 6.07) is 5.83. The van der Waals surface area contributed by atoms with Gasteiger partial charge in [-0.15, -0.1) is 0 Å². The molecule has 0 spiro atoms. The lowest BCUT2D eigenvalue weighted by atomic mass is 10.0. The molecule has 0 aliphatic heterocycles. The topological polar surface area (TPSA) is 59.8 Å². The first-order valence-corrected chi connectivity index (χ1v) is 8.94. The lowest BCUT2D eigenvalue weighted by Gasteiger charge is -2.16. The number of rotatable bonds is 4. The maximum Gasteiger partial charge on any atom is 0.417 e. The van der Waals surface area contributed by atoms with Crippen LogP contribution >= 0.6 is 0 Å². The number of nitrogens with zero attached hydrogens (tertiary/aromatic N) is 3. The SMILES string of the molecule is Cc1c(C(=O)NC(C)c2cccc(C(F)(F)F)c2)cnn1-c1ccc(C(F)(F)F)cn1. The smallest absolute Gasteiger partial charge is 0.345 e. The van der Waals surface area contributed by atoms with Crippen molar-refractivity contribution in [3.63, 3.8) is 0 Å². The standard InChI is InChI=1S/C20H16F6N4O/c1-11(13-4-3-5-14(8-13)19(21,22)23)29-18(31)16-10-28-30(12(16)2)17-7-6-15(9-27-17)20(24,25)26/h3-11H,1-2H3,(H,29,31). The Bertz CT molecular complexity index is 1090. The fourth-order valence-corrected chi connectivity index (χ4v) is 2.88. The summed E-state index contributed by atoms with van der Waals surface area (Å²) >= 11 is 0. The van der Waals surface area contributed by atoms with E-state index < -0.39 is 35.4 Å². The molecule has 2 heterocycles. The van der Waals surface area contributed by atoms with E-state index in [0.29, 0.717) is 11.9 Å². The van der Waals surface area contributed by atoms with Crippen LogP contribution in [0.5, 0.6) is 0 Å². The quantitative estimate of drug-likeness (QED) is 0.572. The number of carbonyl (C=O) groups excluding carboxylic acids is 1. The van der Waals surface area contributed by atoms with Crippen molar-refractivity contribution in [2.75, 3.05) is 0 Å². The number of carbonyl (C=O) groups is 1. The number of pyridine rings is 1. The number of aromatic nitrogens is 3. The predicted octanol–water partition coefficient (Wildman–Crippen LogP) is 5.10. The molecule has 0 aliphatic rings. The van der Waals surface area contributed by atoms with Crippen molar-refractivity contribution >= 4 is 5.91 Å². The second-order valence-corrected chi connectivity index (χ2v) is 6.78. The van der Waals surface area contributed by atoms with Crippen LogP contribution in [0, 0.1) is 6.92 Å². The van der Waals surface area contributed by atoms with Gasteiger partial charge in [-0.25, -0.2) is 9.67 Å². The highest BCUT2D eigenvalue weighted by atomic mass is 19.4. The van der Waals surface area contributed by atoms with Gasteiger partial charge in [-0.05, 0) is 43.7 Å². The van der Waals surface area contributed by atoms with Crippen LogP contribution in [-0.4, -0.2) is 20.7 Å². The minimum absolute atomic E-state index is 0.0791. The molecule has 11 heteroatoms. The molecule has 3 aromatic rings. The third-order valence-electron chi connectivity index (χ3n) is 4.61. The molecular weight excluding hydrogens is 426 g/mol.